The highest BCUT2D eigenvalue weighted by Crippen LogP contribution is 2.34. The van der Waals surface area contributed by atoms with E-state index in [1.165, 1.54) is 11.6 Å². The lowest BCUT2D eigenvalue weighted by Gasteiger charge is -2.32. The number of fused-ring (bicyclic) bond motifs is 1. The zero-order chi connectivity index (χ0) is 32.5. The van der Waals surface area contributed by atoms with Crippen LogP contribution in [0.2, 0.25) is 0 Å². The predicted molar refractivity (Wildman–Crippen MR) is 188 cm³/mol. The van der Waals surface area contributed by atoms with E-state index >= 15 is 0 Å². The van der Waals surface area contributed by atoms with Crippen LogP contribution in [0.15, 0.2) is 90.0 Å². The fraction of sp³-hybridized carbons (Fsp3) is 0.297. The Labute approximate surface area is 278 Å². The van der Waals surface area contributed by atoms with E-state index in [2.05, 4.69) is 91.5 Å². The second kappa shape index (κ2) is 13.1. The molecule has 2 saturated heterocycles. The summed E-state index contributed by atoms with van der Waals surface area (Å²) in [4.78, 5) is 40.8. The lowest BCUT2D eigenvalue weighted by Crippen LogP contribution is -2.45. The SMILES string of the molecule is CN1CCN(c2ncc3cc(-c4ccccc4)c(-c4ccc(CN5CCC(c6nc(-c7ccc(=O)[nH]c7)n[nH]6)CC5)cc4)nc3n2)CC1. The topological polar surface area (TPSA) is 123 Å². The van der Waals surface area contributed by atoms with Gasteiger partial charge < -0.3 is 14.8 Å². The molecule has 0 unspecified atom stereocenters. The van der Waals surface area contributed by atoms with Crippen molar-refractivity contribution < 1.29 is 0 Å². The molecule has 2 aliphatic heterocycles. The van der Waals surface area contributed by atoms with E-state index in [9.17, 15) is 4.79 Å². The maximum atomic E-state index is 11.4. The number of pyridine rings is 2. The molecule has 0 spiro atoms. The maximum Gasteiger partial charge on any atom is 0.247 e. The molecule has 11 heteroatoms. The van der Waals surface area contributed by atoms with Crippen LogP contribution >= 0.6 is 0 Å². The molecule has 4 aromatic heterocycles. The number of benzene rings is 2. The summed E-state index contributed by atoms with van der Waals surface area (Å²) < 4.78 is 0. The molecular formula is C37H38N10O. The van der Waals surface area contributed by atoms with Crippen molar-refractivity contribution in [3.05, 3.63) is 107 Å². The van der Waals surface area contributed by atoms with Crippen LogP contribution < -0.4 is 10.5 Å². The van der Waals surface area contributed by atoms with Crippen LogP contribution in [0.3, 0.4) is 0 Å². The first-order valence-corrected chi connectivity index (χ1v) is 16.7. The predicted octanol–water partition coefficient (Wildman–Crippen LogP) is 4.96. The Kier molecular flexibility index (Phi) is 8.21. The Morgan fingerprint density at radius 1 is 0.812 bits per heavy atom. The number of nitrogens with zero attached hydrogens (tertiary/aromatic N) is 8. The molecule has 2 N–H and O–H groups in total. The van der Waals surface area contributed by atoms with Gasteiger partial charge in [-0.1, -0.05) is 54.6 Å². The van der Waals surface area contributed by atoms with Gasteiger partial charge in [-0.15, -0.1) is 0 Å². The summed E-state index contributed by atoms with van der Waals surface area (Å²) in [5.74, 6) is 2.61. The van der Waals surface area contributed by atoms with Gasteiger partial charge in [0.25, 0.3) is 0 Å². The minimum atomic E-state index is -0.135. The fourth-order valence-electron chi connectivity index (χ4n) is 6.70. The molecule has 0 bridgehead atoms. The van der Waals surface area contributed by atoms with Gasteiger partial charge in [-0.25, -0.2) is 15.0 Å². The summed E-state index contributed by atoms with van der Waals surface area (Å²) in [7, 11) is 2.15. The molecule has 0 aliphatic carbocycles. The van der Waals surface area contributed by atoms with E-state index in [0.29, 0.717) is 11.7 Å². The van der Waals surface area contributed by atoms with Gasteiger partial charge in [0, 0.05) is 79.2 Å². The van der Waals surface area contributed by atoms with Crippen molar-refractivity contribution in [2.24, 2.45) is 0 Å². The number of H-pyrrole nitrogens is 2. The van der Waals surface area contributed by atoms with Crippen LogP contribution in [0.25, 0.3) is 44.8 Å². The summed E-state index contributed by atoms with van der Waals surface area (Å²) in [6, 6.07) is 24.7. The van der Waals surface area contributed by atoms with Crippen LogP contribution in [0.1, 0.15) is 30.1 Å². The Bertz CT molecular complexity index is 2060. The van der Waals surface area contributed by atoms with Crippen molar-refractivity contribution in [2.75, 3.05) is 51.2 Å². The van der Waals surface area contributed by atoms with E-state index in [4.69, 9.17) is 19.9 Å². The number of hydrogen-bond donors (Lipinski definition) is 2. The van der Waals surface area contributed by atoms with Crippen molar-refractivity contribution in [2.45, 2.75) is 25.3 Å². The van der Waals surface area contributed by atoms with Crippen molar-refractivity contribution >= 4 is 17.0 Å². The van der Waals surface area contributed by atoms with Gasteiger partial charge in [0.05, 0.1) is 5.69 Å². The lowest BCUT2D eigenvalue weighted by atomic mass is 9.95. The minimum absolute atomic E-state index is 0.135. The number of aromatic amines is 2. The second-order valence-electron chi connectivity index (χ2n) is 12.9. The lowest BCUT2D eigenvalue weighted by molar-refractivity contribution is 0.202. The van der Waals surface area contributed by atoms with Gasteiger partial charge in [0.2, 0.25) is 11.5 Å². The Morgan fingerprint density at radius 3 is 2.33 bits per heavy atom. The quantitative estimate of drug-likeness (QED) is 0.250. The van der Waals surface area contributed by atoms with E-state index in [0.717, 1.165) is 109 Å². The highest BCUT2D eigenvalue weighted by molar-refractivity contribution is 5.90. The highest BCUT2D eigenvalue weighted by Gasteiger charge is 2.24. The first-order chi connectivity index (χ1) is 23.6. The average molecular weight is 639 g/mol. The Hall–Kier alpha value is -5.26. The molecule has 8 rings (SSSR count). The molecule has 2 aromatic carbocycles. The fourth-order valence-corrected chi connectivity index (χ4v) is 6.70. The largest absolute Gasteiger partial charge is 0.338 e. The molecule has 48 heavy (non-hydrogen) atoms. The van der Waals surface area contributed by atoms with Crippen molar-refractivity contribution in [3.63, 3.8) is 0 Å². The smallest absolute Gasteiger partial charge is 0.247 e. The summed E-state index contributed by atoms with van der Waals surface area (Å²) in [5, 5.41) is 8.47. The van der Waals surface area contributed by atoms with E-state index in [1.54, 1.807) is 12.3 Å². The van der Waals surface area contributed by atoms with E-state index < -0.39 is 0 Å². The van der Waals surface area contributed by atoms with Gasteiger partial charge in [-0.2, -0.15) is 10.1 Å². The number of piperidine rings is 1. The third kappa shape index (κ3) is 6.34. The molecule has 11 nitrogen and oxygen atoms in total. The van der Waals surface area contributed by atoms with Gasteiger partial charge in [-0.3, -0.25) is 14.8 Å². The van der Waals surface area contributed by atoms with Crippen LogP contribution in [0.4, 0.5) is 5.95 Å². The normalized spacial score (nSPS) is 16.5. The third-order valence-electron chi connectivity index (χ3n) is 9.58. The van der Waals surface area contributed by atoms with Gasteiger partial charge in [0.15, 0.2) is 11.5 Å². The van der Waals surface area contributed by atoms with Crippen LogP contribution in [-0.2, 0) is 6.54 Å². The van der Waals surface area contributed by atoms with Gasteiger partial charge >= 0.3 is 0 Å². The maximum absolute atomic E-state index is 11.4. The number of rotatable bonds is 7. The minimum Gasteiger partial charge on any atom is -0.338 e. The van der Waals surface area contributed by atoms with Crippen LogP contribution in [-0.4, -0.2) is 91.2 Å². The number of anilines is 1. The molecule has 0 amide bonds. The standard InChI is InChI=1S/C37H38N10O/c1-45-17-19-47(20-18-45)37-39-23-30-21-31(26-5-3-2-4-6-26)33(40-34(30)42-37)27-9-7-25(8-10-27)24-46-15-13-28(14-16-46)35-41-36(44-43-35)29-11-12-32(48)38-22-29/h2-12,21-23,28H,13-20,24H2,1H3,(H,38,48)(H,41,43,44). The number of hydrogen-bond acceptors (Lipinski definition) is 9. The number of aromatic nitrogens is 7. The molecule has 2 fully saturated rings. The number of likely N-dealkylation sites (N-methyl/N-ethyl adjacent to an activating group) is 1. The molecule has 0 atom stereocenters. The Balaban J connectivity index is 0.983. The molecule has 2 aliphatic rings. The van der Waals surface area contributed by atoms with E-state index in [-0.39, 0.29) is 5.56 Å². The first-order valence-electron chi connectivity index (χ1n) is 16.7. The van der Waals surface area contributed by atoms with Crippen molar-refractivity contribution in [3.8, 4) is 33.8 Å². The average Bonchev–Trinajstić information content (AvgIpc) is 3.63. The second-order valence-corrected chi connectivity index (χ2v) is 12.9. The zero-order valence-electron chi connectivity index (χ0n) is 27.0. The first kappa shape index (κ1) is 30.1. The molecule has 0 radical (unpaired) electrons. The molecule has 242 valence electrons. The molecule has 6 heterocycles. The summed E-state index contributed by atoms with van der Waals surface area (Å²) in [5.41, 5.74) is 6.86. The highest BCUT2D eigenvalue weighted by atomic mass is 16.1. The molecule has 0 saturated carbocycles. The summed E-state index contributed by atoms with van der Waals surface area (Å²) in [6.45, 7) is 6.69. The summed E-state index contributed by atoms with van der Waals surface area (Å²) in [6.07, 6.45) is 5.59. The number of likely N-dealkylation sites (tertiary alicyclic amines) is 1. The zero-order valence-corrected chi connectivity index (χ0v) is 27.0. The summed E-state index contributed by atoms with van der Waals surface area (Å²) >= 11 is 0. The van der Waals surface area contributed by atoms with Crippen molar-refractivity contribution in [1.82, 2.24) is 44.9 Å². The van der Waals surface area contributed by atoms with E-state index in [1.807, 2.05) is 12.3 Å². The molecular weight excluding hydrogens is 600 g/mol. The Morgan fingerprint density at radius 2 is 1.58 bits per heavy atom. The monoisotopic (exact) mass is 638 g/mol. The third-order valence-corrected chi connectivity index (χ3v) is 9.58. The number of piperazine rings is 1. The van der Waals surface area contributed by atoms with Crippen LogP contribution in [0, 0.1) is 0 Å². The van der Waals surface area contributed by atoms with Gasteiger partial charge in [0.1, 0.15) is 5.82 Å². The van der Waals surface area contributed by atoms with Crippen LogP contribution in [0.5, 0.6) is 0 Å². The molecule has 6 aromatic rings. The van der Waals surface area contributed by atoms with Gasteiger partial charge in [-0.05, 0) is 56.2 Å². The number of nitrogens with one attached hydrogen (secondary N) is 2. The van der Waals surface area contributed by atoms with Crippen molar-refractivity contribution in [1.29, 1.82) is 0 Å².